The lowest BCUT2D eigenvalue weighted by Gasteiger charge is -2.36. The van der Waals surface area contributed by atoms with Gasteiger partial charge in [-0.15, -0.1) is 0 Å². The summed E-state index contributed by atoms with van der Waals surface area (Å²) < 4.78 is 46.0. The van der Waals surface area contributed by atoms with Crippen molar-refractivity contribution in [3.63, 3.8) is 0 Å². The molecule has 3 aromatic rings. The predicted octanol–water partition coefficient (Wildman–Crippen LogP) is 3.47. The van der Waals surface area contributed by atoms with Gasteiger partial charge in [0.25, 0.3) is 11.5 Å². The standard InChI is InChI=1S/C22H20F3N3O3/c23-22(24,25)16-4-3-5-17(14-16)26-10-12-27(13-11-26)21(30)19-8-7-18(31-19)15-28-9-2-1-6-20(28)29/h1-9,14H,10-13,15H2. The minimum atomic E-state index is -4.39. The number of halogens is 3. The third kappa shape index (κ3) is 4.65. The zero-order chi connectivity index (χ0) is 22.0. The summed E-state index contributed by atoms with van der Waals surface area (Å²) in [5, 5.41) is 0. The first-order chi connectivity index (χ1) is 14.8. The van der Waals surface area contributed by atoms with Crippen LogP contribution >= 0.6 is 0 Å². The van der Waals surface area contributed by atoms with Crippen LogP contribution in [0.25, 0.3) is 0 Å². The summed E-state index contributed by atoms with van der Waals surface area (Å²) in [6.07, 6.45) is -2.75. The highest BCUT2D eigenvalue weighted by molar-refractivity contribution is 5.91. The van der Waals surface area contributed by atoms with Gasteiger partial charge in [-0.05, 0) is 36.4 Å². The fraction of sp³-hybridized carbons (Fsp3) is 0.273. The predicted molar refractivity (Wildman–Crippen MR) is 108 cm³/mol. The van der Waals surface area contributed by atoms with Gasteiger partial charge in [-0.3, -0.25) is 9.59 Å². The Balaban J connectivity index is 1.38. The van der Waals surface area contributed by atoms with E-state index in [0.29, 0.717) is 37.6 Å². The van der Waals surface area contributed by atoms with Gasteiger partial charge >= 0.3 is 6.18 Å². The third-order valence-electron chi connectivity index (χ3n) is 5.20. The largest absolute Gasteiger partial charge is 0.454 e. The van der Waals surface area contributed by atoms with Gasteiger partial charge < -0.3 is 18.8 Å². The van der Waals surface area contributed by atoms with Crippen LogP contribution in [-0.2, 0) is 12.7 Å². The number of carbonyl (C=O) groups is 1. The number of rotatable bonds is 4. The Morgan fingerprint density at radius 1 is 0.968 bits per heavy atom. The molecule has 3 heterocycles. The molecule has 1 aromatic carbocycles. The van der Waals surface area contributed by atoms with Gasteiger partial charge in [0.15, 0.2) is 5.76 Å². The molecule has 2 aromatic heterocycles. The molecule has 31 heavy (non-hydrogen) atoms. The molecule has 1 amide bonds. The molecule has 6 nitrogen and oxygen atoms in total. The van der Waals surface area contributed by atoms with Gasteiger partial charge in [-0.25, -0.2) is 0 Å². The van der Waals surface area contributed by atoms with Crippen LogP contribution in [0.15, 0.2) is 70.0 Å². The van der Waals surface area contributed by atoms with Gasteiger partial charge in [0.2, 0.25) is 0 Å². The van der Waals surface area contributed by atoms with Crippen molar-refractivity contribution in [1.29, 1.82) is 0 Å². The molecule has 0 N–H and O–H groups in total. The number of alkyl halides is 3. The van der Waals surface area contributed by atoms with Gasteiger partial charge in [0.1, 0.15) is 5.76 Å². The number of piperazine rings is 1. The average Bonchev–Trinajstić information content (AvgIpc) is 3.23. The Hall–Kier alpha value is -3.49. The first-order valence-electron chi connectivity index (χ1n) is 9.77. The fourth-order valence-corrected chi connectivity index (χ4v) is 3.54. The second kappa shape index (κ2) is 8.33. The molecule has 1 fully saturated rings. The molecule has 9 heteroatoms. The average molecular weight is 431 g/mol. The summed E-state index contributed by atoms with van der Waals surface area (Å²) in [5.41, 5.74) is -0.378. The zero-order valence-corrected chi connectivity index (χ0v) is 16.5. The van der Waals surface area contributed by atoms with Gasteiger partial charge in [0.05, 0.1) is 12.1 Å². The van der Waals surface area contributed by atoms with E-state index in [-0.39, 0.29) is 23.8 Å². The monoisotopic (exact) mass is 431 g/mol. The van der Waals surface area contributed by atoms with Crippen LogP contribution in [-0.4, -0.2) is 41.6 Å². The van der Waals surface area contributed by atoms with E-state index >= 15 is 0 Å². The maximum absolute atomic E-state index is 13.0. The smallest absolute Gasteiger partial charge is 0.416 e. The first-order valence-corrected chi connectivity index (χ1v) is 9.77. The van der Waals surface area contributed by atoms with E-state index in [1.54, 1.807) is 41.4 Å². The normalized spacial score (nSPS) is 14.7. The minimum absolute atomic E-state index is 0.169. The molecule has 0 saturated carbocycles. The van der Waals surface area contributed by atoms with Crippen LogP contribution < -0.4 is 10.5 Å². The number of benzene rings is 1. The zero-order valence-electron chi connectivity index (χ0n) is 16.5. The summed E-state index contributed by atoms with van der Waals surface area (Å²) in [5.74, 6) is 0.376. The molecule has 0 aliphatic carbocycles. The molecule has 0 unspecified atom stereocenters. The fourth-order valence-electron chi connectivity index (χ4n) is 3.54. The molecular formula is C22H20F3N3O3. The Morgan fingerprint density at radius 3 is 2.45 bits per heavy atom. The summed E-state index contributed by atoms with van der Waals surface area (Å²) in [6, 6.07) is 13.3. The van der Waals surface area contributed by atoms with Crippen molar-refractivity contribution in [2.75, 3.05) is 31.1 Å². The van der Waals surface area contributed by atoms with Crippen LogP contribution in [0.5, 0.6) is 0 Å². The van der Waals surface area contributed by atoms with E-state index in [1.807, 2.05) is 4.90 Å². The van der Waals surface area contributed by atoms with Crippen LogP contribution in [0, 0.1) is 0 Å². The van der Waals surface area contributed by atoms with Gasteiger partial charge in [-0.1, -0.05) is 12.1 Å². The van der Waals surface area contributed by atoms with Crippen LogP contribution in [0.4, 0.5) is 18.9 Å². The Labute approximate surface area is 176 Å². The summed E-state index contributed by atoms with van der Waals surface area (Å²) in [4.78, 5) is 28.0. The number of anilines is 1. The number of pyridine rings is 1. The lowest BCUT2D eigenvalue weighted by Crippen LogP contribution is -2.48. The second-order valence-electron chi connectivity index (χ2n) is 7.26. The van der Waals surface area contributed by atoms with Crippen LogP contribution in [0.3, 0.4) is 0 Å². The maximum Gasteiger partial charge on any atom is 0.416 e. The second-order valence-corrected chi connectivity index (χ2v) is 7.26. The maximum atomic E-state index is 13.0. The topological polar surface area (TPSA) is 58.7 Å². The molecule has 0 radical (unpaired) electrons. The van der Waals surface area contributed by atoms with Crippen molar-refractivity contribution in [3.8, 4) is 0 Å². The van der Waals surface area contributed by atoms with E-state index in [0.717, 1.165) is 12.1 Å². The highest BCUT2D eigenvalue weighted by Gasteiger charge is 2.31. The highest BCUT2D eigenvalue weighted by atomic mass is 19.4. The molecule has 4 rings (SSSR count). The number of nitrogens with zero attached hydrogens (tertiary/aromatic N) is 3. The van der Waals surface area contributed by atoms with Crippen molar-refractivity contribution < 1.29 is 22.4 Å². The summed E-state index contributed by atoms with van der Waals surface area (Å²) in [6.45, 7) is 1.78. The van der Waals surface area contributed by atoms with E-state index in [9.17, 15) is 22.8 Å². The third-order valence-corrected chi connectivity index (χ3v) is 5.20. The lowest BCUT2D eigenvalue weighted by molar-refractivity contribution is -0.137. The number of aromatic nitrogens is 1. The van der Waals surface area contributed by atoms with E-state index in [1.165, 1.54) is 16.7 Å². The Kier molecular flexibility index (Phi) is 5.58. The number of furan rings is 1. The molecule has 0 atom stereocenters. The Bertz CT molecular complexity index is 1130. The minimum Gasteiger partial charge on any atom is -0.454 e. The quantitative estimate of drug-likeness (QED) is 0.635. The van der Waals surface area contributed by atoms with Crippen molar-refractivity contribution in [2.45, 2.75) is 12.7 Å². The highest BCUT2D eigenvalue weighted by Crippen LogP contribution is 2.32. The van der Waals surface area contributed by atoms with Crippen molar-refractivity contribution in [3.05, 3.63) is 88.2 Å². The Morgan fingerprint density at radius 2 is 1.74 bits per heavy atom. The summed E-state index contributed by atoms with van der Waals surface area (Å²) >= 11 is 0. The molecule has 162 valence electrons. The van der Waals surface area contributed by atoms with Crippen molar-refractivity contribution in [2.24, 2.45) is 0 Å². The molecule has 1 saturated heterocycles. The van der Waals surface area contributed by atoms with Crippen molar-refractivity contribution >= 4 is 11.6 Å². The molecular weight excluding hydrogens is 411 g/mol. The van der Waals surface area contributed by atoms with Crippen molar-refractivity contribution in [1.82, 2.24) is 9.47 Å². The lowest BCUT2D eigenvalue weighted by atomic mass is 10.1. The van der Waals surface area contributed by atoms with E-state index < -0.39 is 11.7 Å². The number of carbonyl (C=O) groups excluding carboxylic acids is 1. The SMILES string of the molecule is O=C(c1ccc(Cn2ccccc2=O)o1)N1CCN(c2cccc(C(F)(F)F)c2)CC1. The van der Waals surface area contributed by atoms with Crippen LogP contribution in [0.2, 0.25) is 0 Å². The molecule has 1 aliphatic rings. The van der Waals surface area contributed by atoms with E-state index in [2.05, 4.69) is 0 Å². The molecule has 1 aliphatic heterocycles. The van der Waals surface area contributed by atoms with Crippen LogP contribution in [0.1, 0.15) is 21.9 Å². The number of hydrogen-bond donors (Lipinski definition) is 0. The van der Waals surface area contributed by atoms with Gasteiger partial charge in [0, 0.05) is 44.1 Å². The molecule has 0 bridgehead atoms. The van der Waals surface area contributed by atoms with Gasteiger partial charge in [-0.2, -0.15) is 13.2 Å². The first kappa shape index (κ1) is 20.8. The number of hydrogen-bond acceptors (Lipinski definition) is 4. The number of amides is 1. The summed E-state index contributed by atoms with van der Waals surface area (Å²) in [7, 11) is 0. The van der Waals surface area contributed by atoms with E-state index in [4.69, 9.17) is 4.42 Å². The molecule has 0 spiro atoms.